The fraction of sp³-hybridized carbons (Fsp3) is 0. The molecule has 16 heteroatoms. The van der Waals surface area contributed by atoms with E-state index in [0.29, 0.717) is 44.5 Å². The van der Waals surface area contributed by atoms with Crippen LogP contribution >= 0.6 is 0 Å². The molecule has 12 nitrogen and oxygen atoms in total. The van der Waals surface area contributed by atoms with Gasteiger partial charge in [0.15, 0.2) is 0 Å². The van der Waals surface area contributed by atoms with Crippen LogP contribution in [0.1, 0.15) is 0 Å². The van der Waals surface area contributed by atoms with Crippen molar-refractivity contribution in [3.05, 3.63) is 109 Å². The zero-order valence-corrected chi connectivity index (χ0v) is 26.2. The summed E-state index contributed by atoms with van der Waals surface area (Å²) in [6.45, 7) is 0. The number of benzene rings is 5. The molecule has 0 aromatic heterocycles. The van der Waals surface area contributed by atoms with Crippen LogP contribution < -0.4 is 0 Å². The van der Waals surface area contributed by atoms with Crippen LogP contribution in [0.5, 0.6) is 0 Å². The zero-order chi connectivity index (χ0) is 33.7. The van der Waals surface area contributed by atoms with Crippen molar-refractivity contribution >= 4 is 40.5 Å². The Balaban J connectivity index is 1.83. The van der Waals surface area contributed by atoms with Gasteiger partial charge >= 0.3 is 0 Å². The van der Waals surface area contributed by atoms with Crippen LogP contribution in [-0.2, 0) is 40.5 Å². The van der Waals surface area contributed by atoms with Crippen LogP contribution in [0.4, 0.5) is 0 Å². The summed E-state index contributed by atoms with van der Waals surface area (Å²) in [7, 11) is -19.1. The number of hydrogen-bond acceptors (Lipinski definition) is 12. The highest BCUT2D eigenvalue weighted by atomic mass is 32.2. The first-order chi connectivity index (χ1) is 21.3. The van der Waals surface area contributed by atoms with Gasteiger partial charge in [-0.15, -0.1) is 0 Å². The van der Waals surface area contributed by atoms with Crippen LogP contribution in [0.15, 0.2) is 129 Å². The van der Waals surface area contributed by atoms with Gasteiger partial charge in [-0.2, -0.15) is 0 Å². The minimum absolute atomic E-state index is 0.391. The summed E-state index contributed by atoms with van der Waals surface area (Å²) in [6.07, 6.45) is 0. The van der Waals surface area contributed by atoms with E-state index in [4.69, 9.17) is 0 Å². The molecule has 0 saturated heterocycles. The van der Waals surface area contributed by atoms with Gasteiger partial charge in [-0.25, -0.2) is 33.7 Å². The molecule has 0 bridgehead atoms. The Morgan fingerprint density at radius 1 is 0.283 bits per heavy atom. The van der Waals surface area contributed by atoms with Crippen LogP contribution in [0.25, 0.3) is 44.5 Å². The van der Waals surface area contributed by atoms with Gasteiger partial charge in [0.2, 0.25) is 0 Å². The molecule has 5 aromatic rings. The number of hydrogen-bond donors (Lipinski definition) is 0. The maximum absolute atomic E-state index is 11.6. The molecule has 5 aromatic carbocycles. The van der Waals surface area contributed by atoms with E-state index in [0.717, 1.165) is 48.5 Å². The SMILES string of the molecule is O=S(=O)([O-])c1ccc(-c2cc(-c3ccc(S(=O)(=O)[O-])cc3)c(-c3ccc(S(=O)(=O)[O-])cc3)cc2-c2ccc(S(=O)(=O)[O-])cc2)cc1. The second kappa shape index (κ2) is 11.8. The van der Waals surface area contributed by atoms with E-state index in [9.17, 15) is 51.9 Å². The summed E-state index contributed by atoms with van der Waals surface area (Å²) < 4.78 is 139. The van der Waals surface area contributed by atoms with Crippen molar-refractivity contribution in [1.29, 1.82) is 0 Å². The summed E-state index contributed by atoms with van der Waals surface area (Å²) in [5.74, 6) is 0. The lowest BCUT2D eigenvalue weighted by Gasteiger charge is -2.20. The normalized spacial score (nSPS) is 12.6. The molecule has 0 fully saturated rings. The summed E-state index contributed by atoms with van der Waals surface area (Å²) in [4.78, 5) is -1.99. The van der Waals surface area contributed by atoms with Crippen LogP contribution in [-0.4, -0.2) is 51.9 Å². The Morgan fingerprint density at radius 3 is 0.565 bits per heavy atom. The summed E-state index contributed by atoms with van der Waals surface area (Å²) in [5, 5.41) is 0. The molecule has 5 rings (SSSR count). The van der Waals surface area contributed by atoms with Gasteiger partial charge in [0.1, 0.15) is 40.5 Å². The van der Waals surface area contributed by atoms with Crippen molar-refractivity contribution < 1.29 is 51.9 Å². The Morgan fingerprint density at radius 2 is 0.435 bits per heavy atom. The minimum atomic E-state index is -4.78. The molecule has 0 heterocycles. The molecule has 0 unspecified atom stereocenters. The molecule has 0 aliphatic heterocycles. The second-order valence-corrected chi connectivity index (χ2v) is 15.4. The summed E-state index contributed by atoms with van der Waals surface area (Å²) >= 11 is 0. The van der Waals surface area contributed by atoms with Gasteiger partial charge in [-0.3, -0.25) is 0 Å². The lowest BCUT2D eigenvalue weighted by atomic mass is 9.85. The molecule has 0 spiro atoms. The lowest BCUT2D eigenvalue weighted by molar-refractivity contribution is 0.461. The van der Waals surface area contributed by atoms with Crippen LogP contribution in [0, 0.1) is 0 Å². The van der Waals surface area contributed by atoms with E-state index in [2.05, 4.69) is 0 Å². The Hall–Kier alpha value is -4.26. The van der Waals surface area contributed by atoms with Crippen molar-refractivity contribution in [1.82, 2.24) is 0 Å². The zero-order valence-electron chi connectivity index (χ0n) is 22.9. The Labute approximate surface area is 264 Å². The predicted octanol–water partition coefficient (Wildman–Crippen LogP) is 3.97. The van der Waals surface area contributed by atoms with Gasteiger partial charge in [0, 0.05) is 0 Å². The van der Waals surface area contributed by atoms with Gasteiger partial charge in [-0.1, -0.05) is 48.5 Å². The van der Waals surface area contributed by atoms with Gasteiger partial charge in [-0.05, 0) is 105 Å². The van der Waals surface area contributed by atoms with Gasteiger partial charge < -0.3 is 18.2 Å². The smallest absolute Gasteiger partial charge is 0.124 e. The third-order valence-electron chi connectivity index (χ3n) is 6.97. The van der Waals surface area contributed by atoms with Crippen molar-refractivity contribution in [2.45, 2.75) is 19.6 Å². The Bertz CT molecular complexity index is 2060. The maximum Gasteiger partial charge on any atom is 0.124 e. The van der Waals surface area contributed by atoms with Crippen molar-refractivity contribution in [3.63, 3.8) is 0 Å². The van der Waals surface area contributed by atoms with E-state index in [1.807, 2.05) is 0 Å². The highest BCUT2D eigenvalue weighted by molar-refractivity contribution is 7.86. The average molecular weight is 699 g/mol. The Kier molecular flexibility index (Phi) is 8.52. The highest BCUT2D eigenvalue weighted by Crippen LogP contribution is 2.43. The maximum atomic E-state index is 11.6. The molecule has 0 amide bonds. The monoisotopic (exact) mass is 698 g/mol. The third-order valence-corrected chi connectivity index (χ3v) is 10.4. The van der Waals surface area contributed by atoms with E-state index in [1.165, 1.54) is 48.5 Å². The summed E-state index contributed by atoms with van der Waals surface area (Å²) in [5.41, 5.74) is 3.20. The van der Waals surface area contributed by atoms with Gasteiger partial charge in [0.25, 0.3) is 0 Å². The molecule has 0 saturated carbocycles. The first-order valence-electron chi connectivity index (χ1n) is 12.8. The molecular formula is C30H18O12S4-4. The van der Waals surface area contributed by atoms with Gasteiger partial charge in [0.05, 0.1) is 19.6 Å². The topological polar surface area (TPSA) is 229 Å². The van der Waals surface area contributed by atoms with Crippen molar-refractivity contribution in [2.75, 3.05) is 0 Å². The van der Waals surface area contributed by atoms with E-state index in [-0.39, 0.29) is 0 Å². The molecule has 0 N–H and O–H groups in total. The first-order valence-corrected chi connectivity index (χ1v) is 18.4. The van der Waals surface area contributed by atoms with Crippen LogP contribution in [0.2, 0.25) is 0 Å². The average Bonchev–Trinajstić information content (AvgIpc) is 2.99. The van der Waals surface area contributed by atoms with Crippen molar-refractivity contribution in [2.24, 2.45) is 0 Å². The highest BCUT2D eigenvalue weighted by Gasteiger charge is 2.18. The minimum Gasteiger partial charge on any atom is -0.744 e. The molecule has 0 atom stereocenters. The quantitative estimate of drug-likeness (QED) is 0.210. The number of rotatable bonds is 8. The fourth-order valence-electron chi connectivity index (χ4n) is 4.76. The molecular weight excluding hydrogens is 681 g/mol. The fourth-order valence-corrected chi connectivity index (χ4v) is 6.64. The summed E-state index contributed by atoms with van der Waals surface area (Å²) in [6, 6.07) is 22.9. The molecule has 0 aliphatic rings. The van der Waals surface area contributed by atoms with Crippen molar-refractivity contribution in [3.8, 4) is 44.5 Å². The van der Waals surface area contributed by atoms with E-state index in [1.54, 1.807) is 12.1 Å². The third kappa shape index (κ3) is 7.09. The van der Waals surface area contributed by atoms with E-state index < -0.39 is 60.1 Å². The predicted molar refractivity (Wildman–Crippen MR) is 160 cm³/mol. The standard InChI is InChI=1S/C30H22O12S4/c31-43(32,33)23-9-1-19(2-10-23)27-17-29(21-5-13-25(14-6-21)45(37,38)39)30(22-7-15-26(16-8-22)46(40,41)42)18-28(27)20-3-11-24(12-4-20)44(34,35)36/h1-18H,(H,31,32,33)(H,34,35,36)(H,37,38,39)(H,40,41,42)/p-4. The first kappa shape index (κ1) is 33.1. The second-order valence-electron chi connectivity index (χ2n) is 9.86. The lowest BCUT2D eigenvalue weighted by Crippen LogP contribution is -2.00. The largest absolute Gasteiger partial charge is 0.744 e. The molecule has 0 radical (unpaired) electrons. The van der Waals surface area contributed by atoms with Crippen LogP contribution in [0.3, 0.4) is 0 Å². The molecule has 238 valence electrons. The van der Waals surface area contributed by atoms with E-state index >= 15 is 0 Å². The molecule has 46 heavy (non-hydrogen) atoms. The molecule has 0 aliphatic carbocycles.